The van der Waals surface area contributed by atoms with Crippen LogP contribution in [-0.2, 0) is 4.79 Å². The Kier molecular flexibility index (Phi) is 4.53. The largest absolute Gasteiger partial charge is 0.480 e. The molecule has 0 aliphatic carbocycles. The molecule has 134 valence electrons. The SMILES string of the molecule is O=C(O)CN1CCN(C2=Nc3ccccc3Oc3ccc(Cl)cc32)CC1. The summed E-state index contributed by atoms with van der Waals surface area (Å²) in [7, 11) is 0. The average molecular weight is 372 g/mol. The second-order valence-electron chi connectivity index (χ2n) is 6.30. The maximum atomic E-state index is 10.9. The first-order valence-corrected chi connectivity index (χ1v) is 8.82. The monoisotopic (exact) mass is 371 g/mol. The van der Waals surface area contributed by atoms with Crippen molar-refractivity contribution in [2.45, 2.75) is 0 Å². The minimum absolute atomic E-state index is 0.0642. The molecule has 0 saturated carbocycles. The Labute approximate surface area is 156 Å². The van der Waals surface area contributed by atoms with Gasteiger partial charge in [-0.1, -0.05) is 23.7 Å². The Morgan fingerprint density at radius 2 is 1.88 bits per heavy atom. The molecule has 2 heterocycles. The van der Waals surface area contributed by atoms with Crippen molar-refractivity contribution in [2.24, 2.45) is 4.99 Å². The van der Waals surface area contributed by atoms with Crippen molar-refractivity contribution in [2.75, 3.05) is 32.7 Å². The van der Waals surface area contributed by atoms with Crippen LogP contribution >= 0.6 is 11.6 Å². The lowest BCUT2D eigenvalue weighted by molar-refractivity contribution is -0.138. The molecule has 0 atom stereocenters. The van der Waals surface area contributed by atoms with Crippen LogP contribution in [0.1, 0.15) is 5.56 Å². The number of fused-ring (bicyclic) bond motifs is 2. The van der Waals surface area contributed by atoms with Crippen molar-refractivity contribution in [3.63, 3.8) is 0 Å². The lowest BCUT2D eigenvalue weighted by Crippen LogP contribution is -2.50. The number of piperazine rings is 1. The van der Waals surface area contributed by atoms with Crippen LogP contribution in [0.25, 0.3) is 0 Å². The van der Waals surface area contributed by atoms with E-state index in [-0.39, 0.29) is 6.54 Å². The van der Waals surface area contributed by atoms with Gasteiger partial charge >= 0.3 is 5.97 Å². The van der Waals surface area contributed by atoms with Gasteiger partial charge in [0.2, 0.25) is 0 Å². The standard InChI is InChI=1S/C19H18ClN3O3/c20-13-5-6-16-14(11-13)19(21-15-3-1-2-4-17(15)26-16)23-9-7-22(8-10-23)12-18(24)25/h1-6,11H,7-10,12H2,(H,24,25). The number of carbonyl (C=O) groups is 1. The highest BCUT2D eigenvalue weighted by molar-refractivity contribution is 6.31. The molecular weight excluding hydrogens is 354 g/mol. The summed E-state index contributed by atoms with van der Waals surface area (Å²) in [5.41, 5.74) is 1.61. The molecule has 2 aromatic carbocycles. The number of hydrogen-bond donors (Lipinski definition) is 1. The van der Waals surface area contributed by atoms with Crippen LogP contribution in [-0.4, -0.2) is 59.4 Å². The Balaban J connectivity index is 1.69. The number of carboxylic acids is 1. The molecular formula is C19H18ClN3O3. The number of rotatable bonds is 2. The van der Waals surface area contributed by atoms with Gasteiger partial charge in [0, 0.05) is 31.2 Å². The molecule has 7 heteroatoms. The molecule has 0 aromatic heterocycles. The van der Waals surface area contributed by atoms with Crippen molar-refractivity contribution in [1.29, 1.82) is 0 Å². The van der Waals surface area contributed by atoms with E-state index < -0.39 is 5.97 Å². The Morgan fingerprint density at radius 3 is 2.65 bits per heavy atom. The van der Waals surface area contributed by atoms with Gasteiger partial charge < -0.3 is 14.7 Å². The molecule has 26 heavy (non-hydrogen) atoms. The number of ether oxygens (including phenoxy) is 1. The number of aliphatic carboxylic acids is 1. The lowest BCUT2D eigenvalue weighted by atomic mass is 10.1. The third kappa shape index (κ3) is 3.38. The summed E-state index contributed by atoms with van der Waals surface area (Å²) in [6.07, 6.45) is 0. The third-order valence-electron chi connectivity index (χ3n) is 4.52. The molecule has 6 nitrogen and oxygen atoms in total. The predicted molar refractivity (Wildman–Crippen MR) is 99.8 cm³/mol. The van der Waals surface area contributed by atoms with Crippen molar-refractivity contribution in [3.05, 3.63) is 53.1 Å². The topological polar surface area (TPSA) is 65.4 Å². The molecule has 2 aliphatic rings. The van der Waals surface area contributed by atoms with E-state index in [1.807, 2.05) is 41.3 Å². The van der Waals surface area contributed by atoms with E-state index >= 15 is 0 Å². The summed E-state index contributed by atoms with van der Waals surface area (Å²) in [6.45, 7) is 2.79. The van der Waals surface area contributed by atoms with Gasteiger partial charge in [0.15, 0.2) is 5.75 Å². The first kappa shape index (κ1) is 16.9. The number of para-hydroxylation sites is 2. The Bertz CT molecular complexity index is 876. The van der Waals surface area contributed by atoms with E-state index in [1.54, 1.807) is 6.07 Å². The summed E-state index contributed by atoms with van der Waals surface area (Å²) in [6, 6.07) is 13.2. The Morgan fingerprint density at radius 1 is 1.12 bits per heavy atom. The molecule has 1 saturated heterocycles. The quantitative estimate of drug-likeness (QED) is 0.878. The predicted octanol–water partition coefficient (Wildman–Crippen LogP) is 3.23. The number of amidine groups is 1. The van der Waals surface area contributed by atoms with E-state index in [0.29, 0.717) is 42.7 Å². The van der Waals surface area contributed by atoms with Gasteiger partial charge in [-0.3, -0.25) is 9.69 Å². The molecule has 0 spiro atoms. The summed E-state index contributed by atoms with van der Waals surface area (Å²) >= 11 is 6.22. The van der Waals surface area contributed by atoms with E-state index in [0.717, 1.165) is 17.1 Å². The fourth-order valence-corrected chi connectivity index (χ4v) is 3.42. The number of halogens is 1. The molecule has 0 amide bonds. The number of benzene rings is 2. The summed E-state index contributed by atoms with van der Waals surface area (Å²) in [5, 5.41) is 9.60. The summed E-state index contributed by atoms with van der Waals surface area (Å²) in [5.74, 6) is 1.42. The first-order chi connectivity index (χ1) is 12.6. The minimum Gasteiger partial charge on any atom is -0.480 e. The van der Waals surface area contributed by atoms with Crippen molar-refractivity contribution >= 4 is 29.1 Å². The third-order valence-corrected chi connectivity index (χ3v) is 4.76. The molecule has 1 fully saturated rings. The maximum Gasteiger partial charge on any atom is 0.317 e. The van der Waals surface area contributed by atoms with Crippen LogP contribution in [0.15, 0.2) is 47.5 Å². The van der Waals surface area contributed by atoms with Gasteiger partial charge in [-0.25, -0.2) is 4.99 Å². The first-order valence-electron chi connectivity index (χ1n) is 8.45. The van der Waals surface area contributed by atoms with Crippen LogP contribution in [0.4, 0.5) is 5.69 Å². The summed E-state index contributed by atoms with van der Waals surface area (Å²) in [4.78, 5) is 19.9. The van der Waals surface area contributed by atoms with Crippen LogP contribution in [0, 0.1) is 0 Å². The molecule has 0 unspecified atom stereocenters. The molecule has 0 radical (unpaired) electrons. The normalized spacial score (nSPS) is 16.8. The number of hydrogen-bond acceptors (Lipinski definition) is 5. The highest BCUT2D eigenvalue weighted by Gasteiger charge is 2.26. The fraction of sp³-hybridized carbons (Fsp3) is 0.263. The van der Waals surface area contributed by atoms with E-state index in [4.69, 9.17) is 26.4 Å². The van der Waals surface area contributed by atoms with Crippen LogP contribution < -0.4 is 4.74 Å². The van der Waals surface area contributed by atoms with Gasteiger partial charge in [0.05, 0.1) is 12.1 Å². The van der Waals surface area contributed by atoms with Gasteiger partial charge in [-0.15, -0.1) is 0 Å². The highest BCUT2D eigenvalue weighted by atomic mass is 35.5. The molecule has 0 bridgehead atoms. The molecule has 4 rings (SSSR count). The van der Waals surface area contributed by atoms with E-state index in [9.17, 15) is 4.79 Å². The van der Waals surface area contributed by atoms with E-state index in [2.05, 4.69) is 4.90 Å². The van der Waals surface area contributed by atoms with Crippen LogP contribution in [0.3, 0.4) is 0 Å². The van der Waals surface area contributed by atoms with Crippen molar-refractivity contribution in [1.82, 2.24) is 9.80 Å². The molecule has 1 N–H and O–H groups in total. The van der Waals surface area contributed by atoms with E-state index in [1.165, 1.54) is 0 Å². The van der Waals surface area contributed by atoms with Gasteiger partial charge in [0.1, 0.15) is 17.3 Å². The Hall–Kier alpha value is -2.57. The van der Waals surface area contributed by atoms with Gasteiger partial charge in [0.25, 0.3) is 0 Å². The number of aliphatic imine (C=N–C) groups is 1. The number of carboxylic acid groups (broad SMARTS) is 1. The maximum absolute atomic E-state index is 10.9. The van der Waals surface area contributed by atoms with Crippen molar-refractivity contribution < 1.29 is 14.6 Å². The van der Waals surface area contributed by atoms with Crippen LogP contribution in [0.5, 0.6) is 11.5 Å². The smallest absolute Gasteiger partial charge is 0.317 e. The highest BCUT2D eigenvalue weighted by Crippen LogP contribution is 2.38. The average Bonchev–Trinajstić information content (AvgIpc) is 2.78. The second kappa shape index (κ2) is 6.97. The van der Waals surface area contributed by atoms with Crippen molar-refractivity contribution in [3.8, 4) is 11.5 Å². The van der Waals surface area contributed by atoms with Crippen LogP contribution in [0.2, 0.25) is 5.02 Å². The zero-order valence-corrected chi connectivity index (χ0v) is 14.8. The summed E-state index contributed by atoms with van der Waals surface area (Å²) < 4.78 is 6.06. The number of nitrogens with zero attached hydrogens (tertiary/aromatic N) is 3. The molecule has 2 aromatic rings. The van der Waals surface area contributed by atoms with Gasteiger partial charge in [-0.05, 0) is 30.3 Å². The zero-order chi connectivity index (χ0) is 18.1. The lowest BCUT2D eigenvalue weighted by Gasteiger charge is -2.35. The fourth-order valence-electron chi connectivity index (χ4n) is 3.24. The van der Waals surface area contributed by atoms with Gasteiger partial charge in [-0.2, -0.15) is 0 Å². The zero-order valence-electron chi connectivity index (χ0n) is 14.1. The molecule has 2 aliphatic heterocycles. The minimum atomic E-state index is -0.801. The second-order valence-corrected chi connectivity index (χ2v) is 6.74.